The summed E-state index contributed by atoms with van der Waals surface area (Å²) in [7, 11) is 3.35. The Labute approximate surface area is 159 Å². The number of nitrogens with zero attached hydrogens (tertiary/aromatic N) is 1. The number of thiophene rings is 1. The van der Waals surface area contributed by atoms with E-state index in [2.05, 4.69) is 40.7 Å². The number of hydrogen-bond donors (Lipinski definition) is 1. The molecule has 0 unspecified atom stereocenters. The highest BCUT2D eigenvalue weighted by atomic mass is 32.1. The van der Waals surface area contributed by atoms with Crippen molar-refractivity contribution in [2.45, 2.75) is 19.5 Å². The molecule has 1 aromatic heterocycles. The Morgan fingerprint density at radius 1 is 1.15 bits per heavy atom. The Bertz CT molecular complexity index is 698. The van der Waals surface area contributed by atoms with Crippen molar-refractivity contribution in [3.8, 4) is 11.5 Å². The van der Waals surface area contributed by atoms with Crippen LogP contribution in [0.15, 0.2) is 29.6 Å². The van der Waals surface area contributed by atoms with Gasteiger partial charge in [-0.05, 0) is 41.6 Å². The number of methoxy groups -OCH3 is 2. The lowest BCUT2D eigenvalue weighted by Crippen LogP contribution is -2.42. The fourth-order valence-electron chi connectivity index (χ4n) is 3.31. The lowest BCUT2D eigenvalue weighted by Gasteiger charge is -2.35. The number of benzene rings is 1. The van der Waals surface area contributed by atoms with Gasteiger partial charge in [0.05, 0.1) is 27.4 Å². The first-order valence-corrected chi connectivity index (χ1v) is 9.88. The molecule has 1 aliphatic heterocycles. The summed E-state index contributed by atoms with van der Waals surface area (Å²) < 4.78 is 16.4. The Morgan fingerprint density at radius 2 is 1.92 bits per heavy atom. The molecular formula is C20H28N2O3S. The van der Waals surface area contributed by atoms with E-state index in [1.807, 2.05) is 17.4 Å². The van der Waals surface area contributed by atoms with Gasteiger partial charge >= 0.3 is 0 Å². The van der Waals surface area contributed by atoms with E-state index in [0.29, 0.717) is 0 Å². The molecule has 5 nitrogen and oxygen atoms in total. The van der Waals surface area contributed by atoms with E-state index in [1.54, 1.807) is 14.2 Å². The first kappa shape index (κ1) is 19.2. The second kappa shape index (κ2) is 9.37. The van der Waals surface area contributed by atoms with Crippen molar-refractivity contribution in [2.24, 2.45) is 0 Å². The lowest BCUT2D eigenvalue weighted by molar-refractivity contribution is 0.0160. The van der Waals surface area contributed by atoms with Crippen LogP contribution in [0.4, 0.5) is 0 Å². The molecule has 1 atom stereocenters. The van der Waals surface area contributed by atoms with Crippen molar-refractivity contribution in [3.63, 3.8) is 0 Å². The molecule has 6 heteroatoms. The Kier molecular flexibility index (Phi) is 6.91. The van der Waals surface area contributed by atoms with Gasteiger partial charge in [-0.25, -0.2) is 0 Å². The Morgan fingerprint density at radius 3 is 2.58 bits per heavy atom. The molecule has 1 aliphatic rings. The molecule has 0 saturated carbocycles. The van der Waals surface area contributed by atoms with Crippen molar-refractivity contribution in [2.75, 3.05) is 47.1 Å². The van der Waals surface area contributed by atoms with Crippen LogP contribution in [0.2, 0.25) is 0 Å². The van der Waals surface area contributed by atoms with E-state index in [0.717, 1.165) is 50.9 Å². The van der Waals surface area contributed by atoms with Crippen molar-refractivity contribution in [1.82, 2.24) is 10.2 Å². The third-order valence-corrected chi connectivity index (χ3v) is 5.89. The Hall–Kier alpha value is -1.60. The standard InChI is InChI=1S/C20H28N2O3S/c1-15-6-11-26-20(15)14-21-13-17(22-7-9-25-10-8-22)16-4-5-18(23-2)19(12-16)24-3/h4-6,11-12,17,21H,7-10,13-14H2,1-3H3/t17-/m1/s1. The number of nitrogens with one attached hydrogen (secondary N) is 1. The van der Waals surface area contributed by atoms with Crippen LogP contribution in [-0.2, 0) is 11.3 Å². The first-order valence-electron chi connectivity index (χ1n) is 9.00. The zero-order valence-electron chi connectivity index (χ0n) is 15.8. The minimum absolute atomic E-state index is 0.277. The number of aryl methyl sites for hydroxylation is 1. The highest BCUT2D eigenvalue weighted by Gasteiger charge is 2.23. The van der Waals surface area contributed by atoms with E-state index in [4.69, 9.17) is 14.2 Å². The van der Waals surface area contributed by atoms with Gasteiger partial charge in [-0.3, -0.25) is 4.90 Å². The molecule has 0 amide bonds. The lowest BCUT2D eigenvalue weighted by atomic mass is 10.0. The molecular weight excluding hydrogens is 348 g/mol. The van der Waals surface area contributed by atoms with Gasteiger partial charge in [-0.1, -0.05) is 6.07 Å². The smallest absolute Gasteiger partial charge is 0.161 e. The van der Waals surface area contributed by atoms with Gasteiger partial charge in [0.2, 0.25) is 0 Å². The van der Waals surface area contributed by atoms with Gasteiger partial charge < -0.3 is 19.5 Å². The molecule has 0 spiro atoms. The monoisotopic (exact) mass is 376 g/mol. The number of ether oxygens (including phenoxy) is 3. The summed E-state index contributed by atoms with van der Waals surface area (Å²) in [6.45, 7) is 7.41. The van der Waals surface area contributed by atoms with Gasteiger partial charge in [-0.2, -0.15) is 0 Å². The average molecular weight is 377 g/mol. The van der Waals surface area contributed by atoms with Crippen molar-refractivity contribution < 1.29 is 14.2 Å². The quantitative estimate of drug-likeness (QED) is 0.766. The van der Waals surface area contributed by atoms with E-state index >= 15 is 0 Å². The molecule has 2 heterocycles. The summed E-state index contributed by atoms with van der Waals surface area (Å²) in [5, 5.41) is 5.80. The molecule has 26 heavy (non-hydrogen) atoms. The highest BCUT2D eigenvalue weighted by Crippen LogP contribution is 2.32. The van der Waals surface area contributed by atoms with Crippen LogP contribution in [-0.4, -0.2) is 52.0 Å². The van der Waals surface area contributed by atoms with Crippen LogP contribution in [0.5, 0.6) is 11.5 Å². The van der Waals surface area contributed by atoms with E-state index in [1.165, 1.54) is 16.0 Å². The number of rotatable bonds is 8. The predicted molar refractivity (Wildman–Crippen MR) is 105 cm³/mol. The third kappa shape index (κ3) is 4.57. The second-order valence-corrected chi connectivity index (χ2v) is 7.44. The molecule has 1 fully saturated rings. The summed E-state index contributed by atoms with van der Waals surface area (Å²) in [4.78, 5) is 3.89. The third-order valence-electron chi connectivity index (χ3n) is 4.87. The van der Waals surface area contributed by atoms with Gasteiger partial charge in [0.25, 0.3) is 0 Å². The SMILES string of the molecule is COc1ccc([C@@H](CNCc2sccc2C)N2CCOCC2)cc1OC. The molecule has 1 saturated heterocycles. The van der Waals surface area contributed by atoms with Crippen molar-refractivity contribution >= 4 is 11.3 Å². The van der Waals surface area contributed by atoms with Crippen LogP contribution in [0.25, 0.3) is 0 Å². The zero-order chi connectivity index (χ0) is 18.4. The number of hydrogen-bond acceptors (Lipinski definition) is 6. The maximum Gasteiger partial charge on any atom is 0.161 e. The fourth-order valence-corrected chi connectivity index (χ4v) is 4.19. The molecule has 0 radical (unpaired) electrons. The van der Waals surface area contributed by atoms with Crippen molar-refractivity contribution in [3.05, 3.63) is 45.6 Å². The Balaban J connectivity index is 1.75. The van der Waals surface area contributed by atoms with Crippen LogP contribution < -0.4 is 14.8 Å². The fraction of sp³-hybridized carbons (Fsp3) is 0.500. The second-order valence-electron chi connectivity index (χ2n) is 6.44. The first-order chi connectivity index (χ1) is 12.7. The van der Waals surface area contributed by atoms with Crippen LogP contribution in [0.3, 0.4) is 0 Å². The maximum absolute atomic E-state index is 5.54. The molecule has 1 aromatic carbocycles. The van der Waals surface area contributed by atoms with Crippen LogP contribution in [0.1, 0.15) is 22.0 Å². The molecule has 3 rings (SSSR count). The normalized spacial score (nSPS) is 16.4. The molecule has 0 bridgehead atoms. The van der Waals surface area contributed by atoms with E-state index in [9.17, 15) is 0 Å². The van der Waals surface area contributed by atoms with E-state index < -0.39 is 0 Å². The van der Waals surface area contributed by atoms with Gasteiger partial charge in [0.15, 0.2) is 11.5 Å². The van der Waals surface area contributed by atoms with Gasteiger partial charge in [0.1, 0.15) is 0 Å². The summed E-state index contributed by atoms with van der Waals surface area (Å²) >= 11 is 1.81. The van der Waals surface area contributed by atoms with Gasteiger partial charge in [0, 0.05) is 37.1 Å². The minimum Gasteiger partial charge on any atom is -0.493 e. The summed E-state index contributed by atoms with van der Waals surface area (Å²) in [5.41, 5.74) is 2.59. The summed E-state index contributed by atoms with van der Waals surface area (Å²) in [6.07, 6.45) is 0. The molecule has 2 aromatic rings. The minimum atomic E-state index is 0.277. The van der Waals surface area contributed by atoms with Crippen LogP contribution in [0, 0.1) is 6.92 Å². The predicted octanol–water partition coefficient (Wildman–Crippen LogP) is 3.24. The zero-order valence-corrected chi connectivity index (χ0v) is 16.6. The summed E-state index contributed by atoms with van der Waals surface area (Å²) in [5.74, 6) is 1.54. The summed E-state index contributed by atoms with van der Waals surface area (Å²) in [6, 6.07) is 8.68. The largest absolute Gasteiger partial charge is 0.493 e. The molecule has 142 valence electrons. The van der Waals surface area contributed by atoms with Gasteiger partial charge in [-0.15, -0.1) is 11.3 Å². The van der Waals surface area contributed by atoms with E-state index in [-0.39, 0.29) is 6.04 Å². The number of morpholine rings is 1. The molecule has 1 N–H and O–H groups in total. The average Bonchev–Trinajstić information content (AvgIpc) is 3.10. The van der Waals surface area contributed by atoms with Crippen molar-refractivity contribution in [1.29, 1.82) is 0 Å². The molecule has 0 aliphatic carbocycles. The van der Waals surface area contributed by atoms with Crippen LogP contribution >= 0.6 is 11.3 Å². The highest BCUT2D eigenvalue weighted by molar-refractivity contribution is 7.10. The maximum atomic E-state index is 5.54. The topological polar surface area (TPSA) is 43.0 Å².